The summed E-state index contributed by atoms with van der Waals surface area (Å²) >= 11 is 0. The third-order valence-electron chi connectivity index (χ3n) is 1.81. The van der Waals surface area contributed by atoms with Gasteiger partial charge in [0.25, 0.3) is 0 Å². The summed E-state index contributed by atoms with van der Waals surface area (Å²) in [4.78, 5) is 0. The van der Waals surface area contributed by atoms with Gasteiger partial charge in [0.15, 0.2) is 0 Å². The average Bonchev–Trinajstić information content (AvgIpc) is 2.26. The van der Waals surface area contributed by atoms with E-state index in [0.717, 1.165) is 11.3 Å². The number of aliphatic hydroxyl groups is 1. The first kappa shape index (κ1) is 10.3. The minimum Gasteiger partial charge on any atom is -0.497 e. The fraction of sp³-hybridized carbons (Fsp3) is 0.182. The van der Waals surface area contributed by atoms with Crippen LogP contribution in [0.5, 0.6) is 5.75 Å². The summed E-state index contributed by atoms with van der Waals surface area (Å²) in [6.07, 6.45) is 1.96. The van der Waals surface area contributed by atoms with E-state index in [2.05, 4.69) is 0 Å². The van der Waals surface area contributed by atoms with Gasteiger partial charge in [-0.15, -0.1) is 0 Å². The van der Waals surface area contributed by atoms with Gasteiger partial charge in [-0.3, -0.25) is 0 Å². The maximum Gasteiger partial charge on any atom is 0.118 e. The van der Waals surface area contributed by atoms with Gasteiger partial charge in [0, 0.05) is 6.08 Å². The van der Waals surface area contributed by atoms with E-state index in [1.54, 1.807) is 31.4 Å². The van der Waals surface area contributed by atoms with Crippen LogP contribution in [-0.4, -0.2) is 12.2 Å². The summed E-state index contributed by atoms with van der Waals surface area (Å²) in [6.45, 7) is 0. The predicted molar refractivity (Wildman–Crippen MR) is 52.7 cm³/mol. The Labute approximate surface area is 82.9 Å². The molecular weight excluding hydrogens is 178 g/mol. The first-order valence-corrected chi connectivity index (χ1v) is 4.16. The van der Waals surface area contributed by atoms with Gasteiger partial charge in [0.05, 0.1) is 19.3 Å². The molecule has 0 aliphatic rings. The van der Waals surface area contributed by atoms with Crippen LogP contribution in [-0.2, 0) is 0 Å². The number of rotatable bonds is 3. The van der Waals surface area contributed by atoms with Crippen molar-refractivity contribution >= 4 is 0 Å². The number of nitrogens with zero attached hydrogens (tertiary/aromatic N) is 1. The minimum absolute atomic E-state index is 0.734. The van der Waals surface area contributed by atoms with Crippen molar-refractivity contribution in [2.24, 2.45) is 0 Å². The molecule has 3 heteroatoms. The molecule has 0 radical (unpaired) electrons. The third-order valence-corrected chi connectivity index (χ3v) is 1.81. The minimum atomic E-state index is -0.736. The van der Waals surface area contributed by atoms with Crippen molar-refractivity contribution in [3.8, 4) is 11.8 Å². The quantitative estimate of drug-likeness (QED) is 0.738. The van der Waals surface area contributed by atoms with E-state index in [4.69, 9.17) is 10.00 Å². The number of nitriles is 1. The Morgan fingerprint density at radius 2 is 2.07 bits per heavy atom. The molecule has 3 nitrogen and oxygen atoms in total. The Morgan fingerprint density at radius 3 is 2.57 bits per heavy atom. The molecular formula is C11H11NO2. The van der Waals surface area contributed by atoms with Gasteiger partial charge in [0.1, 0.15) is 5.75 Å². The van der Waals surface area contributed by atoms with Gasteiger partial charge in [-0.25, -0.2) is 0 Å². The molecule has 0 aliphatic heterocycles. The highest BCUT2D eigenvalue weighted by Gasteiger charge is 2.02. The maximum atomic E-state index is 9.54. The van der Waals surface area contributed by atoms with E-state index < -0.39 is 6.10 Å². The Hall–Kier alpha value is -1.79. The largest absolute Gasteiger partial charge is 0.497 e. The summed E-state index contributed by atoms with van der Waals surface area (Å²) < 4.78 is 4.98. The first-order valence-electron chi connectivity index (χ1n) is 4.16. The lowest BCUT2D eigenvalue weighted by Gasteiger charge is -2.06. The molecule has 1 aromatic carbocycles. The highest BCUT2D eigenvalue weighted by molar-refractivity contribution is 5.30. The third kappa shape index (κ3) is 2.61. The van der Waals surface area contributed by atoms with Crippen LogP contribution in [0.1, 0.15) is 11.7 Å². The number of hydrogen-bond donors (Lipinski definition) is 1. The van der Waals surface area contributed by atoms with Crippen molar-refractivity contribution in [2.45, 2.75) is 6.10 Å². The highest BCUT2D eigenvalue weighted by Crippen LogP contribution is 2.18. The van der Waals surface area contributed by atoms with Gasteiger partial charge in [-0.1, -0.05) is 12.1 Å². The lowest BCUT2D eigenvalue weighted by Crippen LogP contribution is -1.92. The average molecular weight is 189 g/mol. The van der Waals surface area contributed by atoms with Gasteiger partial charge < -0.3 is 9.84 Å². The molecule has 0 aromatic heterocycles. The van der Waals surface area contributed by atoms with Crippen molar-refractivity contribution in [2.75, 3.05) is 7.11 Å². The Bertz CT molecular complexity index is 349. The second-order valence-corrected chi connectivity index (χ2v) is 2.71. The number of ether oxygens (including phenoxy) is 1. The van der Waals surface area contributed by atoms with Gasteiger partial charge in [-0.2, -0.15) is 5.26 Å². The number of aliphatic hydroxyl groups excluding tert-OH is 1. The second-order valence-electron chi connectivity index (χ2n) is 2.71. The molecule has 0 amide bonds. The molecule has 0 fully saturated rings. The van der Waals surface area contributed by atoms with Crippen LogP contribution >= 0.6 is 0 Å². The van der Waals surface area contributed by atoms with Crippen LogP contribution in [0.4, 0.5) is 0 Å². The molecule has 0 heterocycles. The smallest absolute Gasteiger partial charge is 0.118 e. The molecule has 1 N–H and O–H groups in total. The molecule has 0 bridgehead atoms. The standard InChI is InChI=1S/C11H11NO2/c1-14-10-6-4-9(5-7-10)11(13)3-2-8-12/h2-7,11,13H,1H3/b3-2+/t11-/m0/s1. The van der Waals surface area contributed by atoms with Crippen LogP contribution < -0.4 is 4.74 Å². The second kappa shape index (κ2) is 5.05. The van der Waals surface area contributed by atoms with Gasteiger partial charge in [-0.05, 0) is 23.8 Å². The monoisotopic (exact) mass is 189 g/mol. The Balaban J connectivity index is 2.77. The summed E-state index contributed by atoms with van der Waals surface area (Å²) in [5.74, 6) is 0.741. The van der Waals surface area contributed by atoms with Gasteiger partial charge >= 0.3 is 0 Å². The lowest BCUT2D eigenvalue weighted by molar-refractivity contribution is 0.228. The topological polar surface area (TPSA) is 53.2 Å². The molecule has 0 unspecified atom stereocenters. The molecule has 72 valence electrons. The molecule has 0 saturated heterocycles. The fourth-order valence-corrected chi connectivity index (χ4v) is 1.05. The van der Waals surface area contributed by atoms with Crippen molar-refractivity contribution in [1.82, 2.24) is 0 Å². The molecule has 0 spiro atoms. The first-order chi connectivity index (χ1) is 6.77. The predicted octanol–water partition coefficient (Wildman–Crippen LogP) is 1.81. The van der Waals surface area contributed by atoms with E-state index >= 15 is 0 Å². The molecule has 1 atom stereocenters. The van der Waals surface area contributed by atoms with Crippen LogP contribution in [0, 0.1) is 11.3 Å². The highest BCUT2D eigenvalue weighted by atomic mass is 16.5. The van der Waals surface area contributed by atoms with Crippen LogP contribution in [0.2, 0.25) is 0 Å². The van der Waals surface area contributed by atoms with E-state index in [-0.39, 0.29) is 0 Å². The number of methoxy groups -OCH3 is 1. The molecule has 0 aliphatic carbocycles. The molecule has 1 rings (SSSR count). The Morgan fingerprint density at radius 1 is 1.43 bits per heavy atom. The van der Waals surface area contributed by atoms with Crippen molar-refractivity contribution in [1.29, 1.82) is 5.26 Å². The zero-order valence-corrected chi connectivity index (χ0v) is 7.84. The summed E-state index contributed by atoms with van der Waals surface area (Å²) in [6, 6.07) is 8.86. The van der Waals surface area contributed by atoms with Crippen LogP contribution in [0.3, 0.4) is 0 Å². The van der Waals surface area contributed by atoms with Gasteiger partial charge in [0.2, 0.25) is 0 Å². The van der Waals surface area contributed by atoms with E-state index in [1.165, 1.54) is 12.2 Å². The Kier molecular flexibility index (Phi) is 3.71. The lowest BCUT2D eigenvalue weighted by atomic mass is 10.1. The SMILES string of the molecule is COc1ccc([C@@H](O)/C=C/C#N)cc1. The van der Waals surface area contributed by atoms with Crippen molar-refractivity contribution in [3.63, 3.8) is 0 Å². The maximum absolute atomic E-state index is 9.54. The zero-order chi connectivity index (χ0) is 10.4. The molecule has 1 aromatic rings. The number of allylic oxidation sites excluding steroid dienone is 1. The van der Waals surface area contributed by atoms with E-state index in [1.807, 2.05) is 6.07 Å². The zero-order valence-electron chi connectivity index (χ0n) is 7.84. The summed E-state index contributed by atoms with van der Waals surface area (Å²) in [5, 5.41) is 17.8. The normalized spacial score (nSPS) is 12.4. The van der Waals surface area contributed by atoms with E-state index in [9.17, 15) is 5.11 Å². The van der Waals surface area contributed by atoms with Crippen LogP contribution in [0.25, 0.3) is 0 Å². The van der Waals surface area contributed by atoms with Crippen LogP contribution in [0.15, 0.2) is 36.4 Å². The summed E-state index contributed by atoms with van der Waals surface area (Å²) in [7, 11) is 1.58. The van der Waals surface area contributed by atoms with Crippen molar-refractivity contribution < 1.29 is 9.84 Å². The molecule has 0 saturated carbocycles. The number of hydrogen-bond acceptors (Lipinski definition) is 3. The number of benzene rings is 1. The molecule has 14 heavy (non-hydrogen) atoms. The van der Waals surface area contributed by atoms with Crippen molar-refractivity contribution in [3.05, 3.63) is 42.0 Å². The fourth-order valence-electron chi connectivity index (χ4n) is 1.05. The van der Waals surface area contributed by atoms with E-state index in [0.29, 0.717) is 0 Å². The summed E-state index contributed by atoms with van der Waals surface area (Å²) in [5.41, 5.74) is 0.734.